The van der Waals surface area contributed by atoms with E-state index in [0.29, 0.717) is 76.5 Å². The van der Waals surface area contributed by atoms with Crippen molar-refractivity contribution in [3.63, 3.8) is 0 Å². The minimum Gasteiger partial charge on any atom is -0.491 e. The Morgan fingerprint density at radius 3 is 1.77 bits per heavy atom. The number of carbonyl (C=O) groups excluding carboxylic acids is 4. The lowest BCUT2D eigenvalue weighted by Crippen LogP contribution is -2.20. The van der Waals surface area contributed by atoms with Crippen LogP contribution in [-0.2, 0) is 37.5 Å². The molecule has 2 aromatic carbocycles. The number of benzene rings is 2. The zero-order chi connectivity index (χ0) is 51.8. The summed E-state index contributed by atoms with van der Waals surface area (Å²) in [6.45, 7) is 12.9. The fourth-order valence-electron chi connectivity index (χ4n) is 7.36. The number of carboxylic acids is 1. The Kier molecular flexibility index (Phi) is 18.9. The molecule has 23 nitrogen and oxygen atoms in total. The molecular formula is C48H61N15O8. The van der Waals surface area contributed by atoms with E-state index in [2.05, 4.69) is 31.7 Å². The Hall–Kier alpha value is -8.60. The number of hydrogen-bond donors (Lipinski definition) is 6. The molecule has 71 heavy (non-hydrogen) atoms. The summed E-state index contributed by atoms with van der Waals surface area (Å²) in [4.78, 5) is 73.0. The third-order valence-corrected chi connectivity index (χ3v) is 10.4. The molecule has 0 unspecified atom stereocenters. The van der Waals surface area contributed by atoms with Gasteiger partial charge in [0.2, 0.25) is 17.8 Å². The molecule has 9 N–H and O–H groups in total. The average molecular weight is 976 g/mol. The molecule has 7 aromatic rings. The number of allylic oxidation sites excluding steroid dienone is 3. The minimum absolute atomic E-state index is 0.0271. The number of hydrogen-bond acceptors (Lipinski definition) is 14. The van der Waals surface area contributed by atoms with E-state index in [4.69, 9.17) is 30.9 Å². The molecule has 376 valence electrons. The summed E-state index contributed by atoms with van der Waals surface area (Å²) in [5.74, 6) is -1.87. The molecule has 0 aliphatic heterocycles. The van der Waals surface area contributed by atoms with Crippen LogP contribution >= 0.6 is 0 Å². The van der Waals surface area contributed by atoms with Gasteiger partial charge in [0, 0.05) is 49.9 Å². The Morgan fingerprint density at radius 1 is 0.746 bits per heavy atom. The smallest absolute Gasteiger partial charge is 0.303 e. The van der Waals surface area contributed by atoms with Crippen molar-refractivity contribution < 1.29 is 38.6 Å². The second kappa shape index (κ2) is 25.1. The van der Waals surface area contributed by atoms with Gasteiger partial charge in [-0.05, 0) is 83.6 Å². The molecule has 7 rings (SSSR count). The van der Waals surface area contributed by atoms with Crippen molar-refractivity contribution in [2.45, 2.75) is 87.1 Å². The summed E-state index contributed by atoms with van der Waals surface area (Å²) in [7, 11) is 1.50. The Bertz CT molecular complexity index is 3060. The van der Waals surface area contributed by atoms with Gasteiger partial charge in [0.05, 0.1) is 47.5 Å². The van der Waals surface area contributed by atoms with E-state index in [9.17, 15) is 29.1 Å². The van der Waals surface area contributed by atoms with E-state index in [-0.39, 0.29) is 73.7 Å². The van der Waals surface area contributed by atoms with Crippen LogP contribution in [0.4, 0.5) is 17.6 Å². The van der Waals surface area contributed by atoms with Crippen molar-refractivity contribution in [3.05, 3.63) is 107 Å². The quantitative estimate of drug-likeness (QED) is 0.0283. The zero-order valence-electron chi connectivity index (χ0n) is 40.9. The van der Waals surface area contributed by atoms with Gasteiger partial charge in [-0.3, -0.25) is 48.7 Å². The van der Waals surface area contributed by atoms with Gasteiger partial charge < -0.3 is 40.9 Å². The highest BCUT2D eigenvalue weighted by molar-refractivity contribution is 6.05. The number of fused-ring (bicyclic) bond motifs is 2. The predicted molar refractivity (Wildman–Crippen MR) is 269 cm³/mol. The number of amides is 3. The van der Waals surface area contributed by atoms with Crippen LogP contribution in [0.5, 0.6) is 11.5 Å². The first-order valence-electron chi connectivity index (χ1n) is 22.9. The first-order valence-corrected chi connectivity index (χ1v) is 22.9. The standard InChI is InChI=1S/C45H50N14O8.C2H6.CH5N/c1-5-58-34(18-27(3)53-58)42(64)51-44-49-32-20-29(26-60)21-36(67-17-11-12-38(61)62)39(32)56(44)14-7-8-15-57-40-33(50-45(57)52-43(65)35-19-28(4)54-59(35)6-2)22-30(41(47)63)23-37(40)66-16-10-9-13-55-25-31(46)24-48-55;2*1-2/h7-10,18-26H,5-6,11-17,46H2,1-4H3,(H2,47,63)(H,61,62)(H,49,51,64)(H,50,52,65);1-2H3;2H2,1H3/b8-7+,10-9+;;. The molecule has 3 amide bonds. The molecule has 0 aliphatic rings. The lowest BCUT2D eigenvalue weighted by molar-refractivity contribution is -0.137. The average Bonchev–Trinajstić information content (AvgIpc) is 4.20. The molecule has 5 aromatic heterocycles. The molecule has 0 saturated heterocycles. The summed E-state index contributed by atoms with van der Waals surface area (Å²) in [5.41, 5.74) is 20.4. The van der Waals surface area contributed by atoms with Gasteiger partial charge in [0.15, 0.2) is 0 Å². The van der Waals surface area contributed by atoms with Crippen LogP contribution in [0.15, 0.2) is 73.1 Å². The third-order valence-electron chi connectivity index (χ3n) is 10.4. The van der Waals surface area contributed by atoms with Crippen LogP contribution < -0.4 is 37.3 Å². The normalized spacial score (nSPS) is 11.1. The number of carboxylic acid groups (broad SMARTS) is 1. The van der Waals surface area contributed by atoms with Crippen LogP contribution in [0.25, 0.3) is 22.1 Å². The van der Waals surface area contributed by atoms with E-state index in [1.54, 1.807) is 85.8 Å². The summed E-state index contributed by atoms with van der Waals surface area (Å²) >= 11 is 0. The third kappa shape index (κ3) is 13.1. The number of nitrogens with one attached hydrogen (secondary N) is 2. The maximum atomic E-state index is 13.9. The fourth-order valence-corrected chi connectivity index (χ4v) is 7.36. The monoisotopic (exact) mass is 975 g/mol. The lowest BCUT2D eigenvalue weighted by Gasteiger charge is -2.13. The van der Waals surface area contributed by atoms with Crippen LogP contribution in [0, 0.1) is 13.8 Å². The molecule has 23 heteroatoms. The Morgan fingerprint density at radius 2 is 1.28 bits per heavy atom. The number of anilines is 3. The molecule has 0 fully saturated rings. The molecule has 0 radical (unpaired) electrons. The molecule has 0 spiro atoms. The van der Waals surface area contributed by atoms with Crippen molar-refractivity contribution in [1.29, 1.82) is 0 Å². The summed E-state index contributed by atoms with van der Waals surface area (Å²) < 4.78 is 20.5. The number of nitrogens with zero attached hydrogens (tertiary/aromatic N) is 10. The van der Waals surface area contributed by atoms with Gasteiger partial charge in [-0.25, -0.2) is 9.97 Å². The van der Waals surface area contributed by atoms with Gasteiger partial charge in [-0.1, -0.05) is 32.1 Å². The van der Waals surface area contributed by atoms with Crippen molar-refractivity contribution >= 4 is 69.6 Å². The summed E-state index contributed by atoms with van der Waals surface area (Å²) in [6, 6.07) is 9.45. The number of nitrogen functional groups attached to an aromatic ring is 1. The summed E-state index contributed by atoms with van der Waals surface area (Å²) in [6.07, 6.45) is 11.2. The highest BCUT2D eigenvalue weighted by atomic mass is 16.5. The first kappa shape index (κ1) is 53.4. The highest BCUT2D eigenvalue weighted by Gasteiger charge is 2.23. The van der Waals surface area contributed by atoms with Gasteiger partial charge in [0.1, 0.15) is 46.8 Å². The molecule has 5 heterocycles. The number of carbonyl (C=O) groups is 5. The molecule has 0 atom stereocenters. The number of aldehydes is 1. The first-order chi connectivity index (χ1) is 34.3. The van der Waals surface area contributed by atoms with Crippen molar-refractivity contribution in [1.82, 2.24) is 48.4 Å². The fraction of sp³-hybridized carbons (Fsp3) is 0.333. The number of ether oxygens (including phenoxy) is 2. The Labute approximate surface area is 409 Å². The predicted octanol–water partition coefficient (Wildman–Crippen LogP) is 5.37. The SMILES string of the molecule is CC.CCn1nc(C)cc1C(=O)Nc1nc2cc(C(N)=O)cc(OC/C=C/Cn3cc(N)cn3)c2n1C/C=C/Cn1c(NC(=O)c2cc(C)nn2CC)nc2cc(C=O)cc(OCCCC(=O)O)c21.CN. The molecule has 0 aliphatic carbocycles. The van der Waals surface area contributed by atoms with Gasteiger partial charge in [0.25, 0.3) is 11.8 Å². The van der Waals surface area contributed by atoms with E-state index in [0.717, 1.165) is 0 Å². The van der Waals surface area contributed by atoms with Crippen LogP contribution in [0.3, 0.4) is 0 Å². The van der Waals surface area contributed by atoms with Crippen LogP contribution in [-0.4, -0.2) is 104 Å². The van der Waals surface area contributed by atoms with Crippen LogP contribution in [0.1, 0.15) is 93.6 Å². The number of aliphatic carboxylic acids is 1. The highest BCUT2D eigenvalue weighted by Crippen LogP contribution is 2.33. The lowest BCUT2D eigenvalue weighted by atomic mass is 10.1. The second-order valence-electron chi connectivity index (χ2n) is 15.3. The summed E-state index contributed by atoms with van der Waals surface area (Å²) in [5, 5.41) is 28.0. The maximum Gasteiger partial charge on any atom is 0.303 e. The second-order valence-corrected chi connectivity index (χ2v) is 15.3. The number of rotatable bonds is 22. The van der Waals surface area contributed by atoms with E-state index < -0.39 is 23.7 Å². The molecular weight excluding hydrogens is 915 g/mol. The largest absolute Gasteiger partial charge is 0.491 e. The van der Waals surface area contributed by atoms with Crippen molar-refractivity contribution in [2.24, 2.45) is 11.5 Å². The van der Waals surface area contributed by atoms with Crippen LogP contribution in [0.2, 0.25) is 0 Å². The topological polar surface area (TPSA) is 315 Å². The number of imidazole rings is 2. The Balaban J connectivity index is 0.00000228. The van der Waals surface area contributed by atoms with E-state index in [1.807, 2.05) is 33.8 Å². The number of aryl methyl sites for hydroxylation is 4. The molecule has 0 saturated carbocycles. The number of primary amides is 1. The van der Waals surface area contributed by atoms with Crippen molar-refractivity contribution in [3.8, 4) is 11.5 Å². The minimum atomic E-state index is -0.982. The number of nitrogens with two attached hydrogens (primary N) is 3. The van der Waals surface area contributed by atoms with Gasteiger partial charge in [-0.2, -0.15) is 15.3 Å². The van der Waals surface area contributed by atoms with Gasteiger partial charge in [-0.15, -0.1) is 0 Å². The van der Waals surface area contributed by atoms with E-state index >= 15 is 0 Å². The maximum absolute atomic E-state index is 13.9. The molecule has 0 bridgehead atoms. The number of aromatic nitrogens is 10. The van der Waals surface area contributed by atoms with Crippen molar-refractivity contribution in [2.75, 3.05) is 36.6 Å². The van der Waals surface area contributed by atoms with Gasteiger partial charge >= 0.3 is 5.97 Å². The zero-order valence-corrected chi connectivity index (χ0v) is 40.9. The van der Waals surface area contributed by atoms with E-state index in [1.165, 1.54) is 25.2 Å².